The first-order valence-corrected chi connectivity index (χ1v) is 4.89. The standard InChI is InChI=1S/C10H16N2O3/c1-4-15-6-5-12-9(13)7-8(2)11-10(12)14-3/h7H,4-6H2,1-3H3. The van der Waals surface area contributed by atoms with Crippen molar-refractivity contribution in [3.05, 3.63) is 22.1 Å². The second kappa shape index (κ2) is 5.50. The van der Waals surface area contributed by atoms with Crippen LogP contribution in [0.2, 0.25) is 0 Å². The van der Waals surface area contributed by atoms with Crippen LogP contribution in [0, 0.1) is 6.92 Å². The lowest BCUT2D eigenvalue weighted by Crippen LogP contribution is -2.24. The Bertz CT molecular complexity index is 373. The van der Waals surface area contributed by atoms with E-state index in [2.05, 4.69) is 4.98 Å². The van der Waals surface area contributed by atoms with E-state index in [0.29, 0.717) is 31.5 Å². The Balaban J connectivity index is 2.89. The summed E-state index contributed by atoms with van der Waals surface area (Å²) in [6, 6.07) is 1.81. The molecule has 0 aromatic carbocycles. The van der Waals surface area contributed by atoms with Crippen LogP contribution in [-0.2, 0) is 11.3 Å². The summed E-state index contributed by atoms with van der Waals surface area (Å²) in [4.78, 5) is 15.7. The average molecular weight is 212 g/mol. The molecule has 0 aliphatic carbocycles. The summed E-state index contributed by atoms with van der Waals surface area (Å²) in [5, 5.41) is 0. The zero-order valence-electron chi connectivity index (χ0n) is 9.32. The van der Waals surface area contributed by atoms with E-state index in [-0.39, 0.29) is 5.56 Å². The highest BCUT2D eigenvalue weighted by atomic mass is 16.5. The van der Waals surface area contributed by atoms with Crippen molar-refractivity contribution >= 4 is 0 Å². The van der Waals surface area contributed by atoms with Gasteiger partial charge in [0.1, 0.15) is 0 Å². The summed E-state index contributed by atoms with van der Waals surface area (Å²) in [5.74, 6) is 0. The highest BCUT2D eigenvalue weighted by Crippen LogP contribution is 2.03. The van der Waals surface area contributed by atoms with E-state index in [1.165, 1.54) is 17.7 Å². The molecule has 0 fully saturated rings. The van der Waals surface area contributed by atoms with Crippen LogP contribution in [0.4, 0.5) is 0 Å². The Morgan fingerprint density at radius 3 is 2.87 bits per heavy atom. The zero-order valence-corrected chi connectivity index (χ0v) is 9.32. The Hall–Kier alpha value is -1.36. The van der Waals surface area contributed by atoms with Crippen molar-refractivity contribution in [3.63, 3.8) is 0 Å². The molecule has 0 spiro atoms. The second-order valence-corrected chi connectivity index (χ2v) is 3.07. The Morgan fingerprint density at radius 2 is 2.27 bits per heavy atom. The lowest BCUT2D eigenvalue weighted by Gasteiger charge is -2.10. The summed E-state index contributed by atoms with van der Waals surface area (Å²) >= 11 is 0. The van der Waals surface area contributed by atoms with Gasteiger partial charge in [-0.25, -0.2) is 4.98 Å². The fraction of sp³-hybridized carbons (Fsp3) is 0.600. The Kier molecular flexibility index (Phi) is 4.30. The van der Waals surface area contributed by atoms with Crippen molar-refractivity contribution in [2.45, 2.75) is 20.4 Å². The number of ether oxygens (including phenoxy) is 2. The molecule has 0 bridgehead atoms. The number of hydrogen-bond acceptors (Lipinski definition) is 4. The molecule has 15 heavy (non-hydrogen) atoms. The van der Waals surface area contributed by atoms with Crippen LogP contribution in [0.1, 0.15) is 12.6 Å². The fourth-order valence-electron chi connectivity index (χ4n) is 1.26. The number of aromatic nitrogens is 2. The van der Waals surface area contributed by atoms with Gasteiger partial charge >= 0.3 is 0 Å². The Morgan fingerprint density at radius 1 is 1.53 bits per heavy atom. The van der Waals surface area contributed by atoms with Crippen LogP contribution in [-0.4, -0.2) is 29.9 Å². The Labute approximate surface area is 88.7 Å². The van der Waals surface area contributed by atoms with Crippen molar-refractivity contribution < 1.29 is 9.47 Å². The van der Waals surface area contributed by atoms with Crippen molar-refractivity contribution in [1.29, 1.82) is 0 Å². The van der Waals surface area contributed by atoms with Gasteiger partial charge in [-0.05, 0) is 13.8 Å². The van der Waals surface area contributed by atoms with Gasteiger partial charge in [-0.3, -0.25) is 9.36 Å². The maximum Gasteiger partial charge on any atom is 0.299 e. The molecule has 0 amide bonds. The fourth-order valence-corrected chi connectivity index (χ4v) is 1.26. The van der Waals surface area contributed by atoms with Gasteiger partial charge < -0.3 is 9.47 Å². The zero-order chi connectivity index (χ0) is 11.3. The van der Waals surface area contributed by atoms with Crippen LogP contribution in [0.3, 0.4) is 0 Å². The van der Waals surface area contributed by atoms with Crippen molar-refractivity contribution in [2.24, 2.45) is 0 Å². The number of nitrogens with zero attached hydrogens (tertiary/aromatic N) is 2. The van der Waals surface area contributed by atoms with Crippen molar-refractivity contribution in [2.75, 3.05) is 20.3 Å². The molecular formula is C10H16N2O3. The van der Waals surface area contributed by atoms with Gasteiger partial charge in [0, 0.05) is 18.4 Å². The minimum Gasteiger partial charge on any atom is -0.468 e. The molecule has 1 aromatic rings. The monoisotopic (exact) mass is 212 g/mol. The predicted octanol–water partition coefficient (Wildman–Crippen LogP) is 0.597. The summed E-state index contributed by atoms with van der Waals surface area (Å²) in [7, 11) is 1.50. The molecule has 0 aliphatic heterocycles. The molecule has 0 N–H and O–H groups in total. The average Bonchev–Trinajstić information content (AvgIpc) is 2.20. The first-order chi connectivity index (χ1) is 7.19. The molecule has 0 aliphatic rings. The van der Waals surface area contributed by atoms with Gasteiger partial charge in [0.2, 0.25) is 0 Å². The third-order valence-electron chi connectivity index (χ3n) is 1.95. The predicted molar refractivity (Wildman–Crippen MR) is 56.3 cm³/mol. The van der Waals surface area contributed by atoms with Crippen LogP contribution < -0.4 is 10.3 Å². The highest BCUT2D eigenvalue weighted by Gasteiger charge is 2.06. The summed E-state index contributed by atoms with van der Waals surface area (Å²) in [6.45, 7) is 5.25. The third kappa shape index (κ3) is 3.06. The molecule has 1 rings (SSSR count). The van der Waals surface area contributed by atoms with Gasteiger partial charge in [-0.2, -0.15) is 0 Å². The number of methoxy groups -OCH3 is 1. The number of rotatable bonds is 5. The molecule has 0 radical (unpaired) electrons. The van der Waals surface area contributed by atoms with E-state index >= 15 is 0 Å². The SMILES string of the molecule is CCOCCn1c(OC)nc(C)cc1=O. The first kappa shape index (κ1) is 11.7. The molecule has 0 unspecified atom stereocenters. The minimum atomic E-state index is -0.112. The van der Waals surface area contributed by atoms with Gasteiger partial charge in [0.15, 0.2) is 0 Å². The van der Waals surface area contributed by atoms with Crippen LogP contribution in [0.5, 0.6) is 6.01 Å². The van der Waals surface area contributed by atoms with Crippen LogP contribution in [0.25, 0.3) is 0 Å². The largest absolute Gasteiger partial charge is 0.468 e. The first-order valence-electron chi connectivity index (χ1n) is 4.89. The van der Waals surface area contributed by atoms with E-state index in [1.807, 2.05) is 6.92 Å². The summed E-state index contributed by atoms with van der Waals surface area (Å²) < 4.78 is 11.7. The van der Waals surface area contributed by atoms with Gasteiger partial charge in [-0.1, -0.05) is 0 Å². The van der Waals surface area contributed by atoms with E-state index in [9.17, 15) is 4.79 Å². The van der Waals surface area contributed by atoms with E-state index in [0.717, 1.165) is 0 Å². The molecular weight excluding hydrogens is 196 g/mol. The normalized spacial score (nSPS) is 10.3. The lowest BCUT2D eigenvalue weighted by molar-refractivity contribution is 0.135. The smallest absolute Gasteiger partial charge is 0.299 e. The summed E-state index contributed by atoms with van der Waals surface area (Å²) in [5.41, 5.74) is 0.545. The highest BCUT2D eigenvalue weighted by molar-refractivity contribution is 5.06. The minimum absolute atomic E-state index is 0.112. The lowest BCUT2D eigenvalue weighted by atomic mass is 10.4. The number of aryl methyl sites for hydroxylation is 1. The van der Waals surface area contributed by atoms with Crippen molar-refractivity contribution in [1.82, 2.24) is 9.55 Å². The van der Waals surface area contributed by atoms with Crippen LogP contribution in [0.15, 0.2) is 10.9 Å². The van der Waals surface area contributed by atoms with Gasteiger partial charge in [0.05, 0.1) is 20.3 Å². The molecule has 0 saturated carbocycles. The molecule has 0 atom stereocenters. The molecule has 1 aromatic heterocycles. The summed E-state index contributed by atoms with van der Waals surface area (Å²) in [6.07, 6.45) is 0. The quantitative estimate of drug-likeness (QED) is 0.670. The second-order valence-electron chi connectivity index (χ2n) is 3.07. The molecule has 5 nitrogen and oxygen atoms in total. The molecule has 1 heterocycles. The maximum atomic E-state index is 11.6. The van der Waals surface area contributed by atoms with Crippen molar-refractivity contribution in [3.8, 4) is 6.01 Å². The van der Waals surface area contributed by atoms with E-state index in [1.54, 1.807) is 6.92 Å². The molecule has 0 saturated heterocycles. The van der Waals surface area contributed by atoms with Gasteiger partial charge in [-0.15, -0.1) is 0 Å². The van der Waals surface area contributed by atoms with Gasteiger partial charge in [0.25, 0.3) is 11.6 Å². The third-order valence-corrected chi connectivity index (χ3v) is 1.95. The topological polar surface area (TPSA) is 53.4 Å². The maximum absolute atomic E-state index is 11.6. The number of hydrogen-bond donors (Lipinski definition) is 0. The molecule has 84 valence electrons. The van der Waals surface area contributed by atoms with E-state index < -0.39 is 0 Å². The van der Waals surface area contributed by atoms with E-state index in [4.69, 9.17) is 9.47 Å². The molecule has 5 heteroatoms. The van der Waals surface area contributed by atoms with Crippen LogP contribution >= 0.6 is 0 Å².